The minimum absolute atomic E-state index is 0.254. The van der Waals surface area contributed by atoms with Crippen LogP contribution in [-0.4, -0.2) is 10.5 Å². The van der Waals surface area contributed by atoms with E-state index in [1.807, 2.05) is 54.9 Å². The zero-order chi connectivity index (χ0) is 17.3. The molecule has 3 aromatic rings. The van der Waals surface area contributed by atoms with Crippen LogP contribution in [0.2, 0.25) is 5.02 Å². The van der Waals surface area contributed by atoms with Crippen molar-refractivity contribution in [2.75, 3.05) is 0 Å². The molecule has 2 aromatic carbocycles. The third-order valence-electron chi connectivity index (χ3n) is 3.59. The average molecular weight is 422 g/mol. The minimum atomic E-state index is -0.254. The first-order valence-electron chi connectivity index (χ1n) is 7.22. The quantitative estimate of drug-likeness (QED) is 0.558. The van der Waals surface area contributed by atoms with Gasteiger partial charge in [-0.1, -0.05) is 45.7 Å². The molecule has 24 heavy (non-hydrogen) atoms. The van der Waals surface area contributed by atoms with Crippen molar-refractivity contribution in [1.82, 2.24) is 4.57 Å². The van der Waals surface area contributed by atoms with E-state index in [0.717, 1.165) is 20.6 Å². The van der Waals surface area contributed by atoms with E-state index >= 15 is 0 Å². The summed E-state index contributed by atoms with van der Waals surface area (Å²) in [4.78, 5) is 18.5. The molecule has 0 saturated carbocycles. The predicted octanol–water partition coefficient (Wildman–Crippen LogP) is 5.22. The number of amides is 1. The fourth-order valence-corrected chi connectivity index (χ4v) is 3.97. The maximum Gasteiger partial charge on any atom is 0.279 e. The second kappa shape index (κ2) is 7.05. The van der Waals surface area contributed by atoms with Gasteiger partial charge >= 0.3 is 0 Å². The van der Waals surface area contributed by atoms with Crippen LogP contribution in [0.25, 0.3) is 11.3 Å². The van der Waals surface area contributed by atoms with Crippen molar-refractivity contribution in [3.05, 3.63) is 73.3 Å². The fraction of sp³-hybridized carbons (Fsp3) is 0.111. The normalized spacial score (nSPS) is 11.8. The number of aryl methyl sites for hydroxylation is 1. The van der Waals surface area contributed by atoms with E-state index in [1.54, 1.807) is 12.1 Å². The molecule has 6 heteroatoms. The smallest absolute Gasteiger partial charge is 0.279 e. The van der Waals surface area contributed by atoms with E-state index in [9.17, 15) is 4.79 Å². The number of hydrogen-bond donors (Lipinski definition) is 0. The lowest BCUT2D eigenvalue weighted by Gasteiger charge is -2.04. The summed E-state index contributed by atoms with van der Waals surface area (Å²) < 4.78 is 2.80. The number of thiazole rings is 1. The first-order chi connectivity index (χ1) is 11.5. The molecule has 0 saturated heterocycles. The summed E-state index contributed by atoms with van der Waals surface area (Å²) in [6, 6.07) is 14.9. The van der Waals surface area contributed by atoms with Crippen molar-refractivity contribution < 1.29 is 4.79 Å². The van der Waals surface area contributed by atoms with E-state index in [2.05, 4.69) is 20.9 Å². The molecule has 0 unspecified atom stereocenters. The van der Waals surface area contributed by atoms with Crippen molar-refractivity contribution in [3.8, 4) is 11.3 Å². The summed E-state index contributed by atoms with van der Waals surface area (Å²) in [5.74, 6) is -0.254. The molecule has 0 bridgehead atoms. The van der Waals surface area contributed by atoms with Gasteiger partial charge in [0.05, 0.1) is 5.69 Å². The molecule has 3 rings (SSSR count). The number of aromatic nitrogens is 1. The van der Waals surface area contributed by atoms with Gasteiger partial charge in [0, 0.05) is 27.0 Å². The largest absolute Gasteiger partial charge is 0.319 e. The zero-order valence-electron chi connectivity index (χ0n) is 13.1. The molecule has 1 aromatic heterocycles. The standard InChI is InChI=1S/C18H14BrClN2OS/c1-11-16(12-6-8-15(20)9-7-12)22(2)18(24-11)21-17(23)13-4-3-5-14(19)10-13/h3-10H,1-2H3. The van der Waals surface area contributed by atoms with Gasteiger partial charge in [0.25, 0.3) is 5.91 Å². The summed E-state index contributed by atoms with van der Waals surface area (Å²) in [6.45, 7) is 2.03. The summed E-state index contributed by atoms with van der Waals surface area (Å²) in [6.07, 6.45) is 0. The van der Waals surface area contributed by atoms with Crippen LogP contribution in [-0.2, 0) is 7.05 Å². The highest BCUT2D eigenvalue weighted by Crippen LogP contribution is 2.25. The Balaban J connectivity index is 2.05. The van der Waals surface area contributed by atoms with Gasteiger partial charge in [-0.25, -0.2) is 0 Å². The number of hydrogen-bond acceptors (Lipinski definition) is 2. The number of carbonyl (C=O) groups excluding carboxylic acids is 1. The Bertz CT molecular complexity index is 973. The highest BCUT2D eigenvalue weighted by atomic mass is 79.9. The number of benzene rings is 2. The van der Waals surface area contributed by atoms with Gasteiger partial charge in [-0.05, 0) is 42.8 Å². The van der Waals surface area contributed by atoms with Crippen molar-refractivity contribution in [2.45, 2.75) is 6.92 Å². The molecule has 0 aliphatic heterocycles. The van der Waals surface area contributed by atoms with Crippen molar-refractivity contribution in [1.29, 1.82) is 0 Å². The van der Waals surface area contributed by atoms with Crippen LogP contribution in [0.3, 0.4) is 0 Å². The van der Waals surface area contributed by atoms with E-state index in [4.69, 9.17) is 11.6 Å². The molecule has 1 heterocycles. The first-order valence-corrected chi connectivity index (χ1v) is 9.21. The van der Waals surface area contributed by atoms with Crippen LogP contribution >= 0.6 is 38.9 Å². The number of nitrogens with zero attached hydrogens (tertiary/aromatic N) is 2. The second-order valence-corrected chi connectivity index (χ2v) is 7.82. The SMILES string of the molecule is Cc1sc(=NC(=O)c2cccc(Br)c2)n(C)c1-c1ccc(Cl)cc1. The van der Waals surface area contributed by atoms with Crippen LogP contribution in [0.1, 0.15) is 15.2 Å². The average Bonchev–Trinajstić information content (AvgIpc) is 2.82. The van der Waals surface area contributed by atoms with Crippen LogP contribution in [0.5, 0.6) is 0 Å². The van der Waals surface area contributed by atoms with Gasteiger partial charge in [0.15, 0.2) is 4.80 Å². The highest BCUT2D eigenvalue weighted by Gasteiger charge is 2.12. The van der Waals surface area contributed by atoms with Crippen LogP contribution in [0, 0.1) is 6.92 Å². The summed E-state index contributed by atoms with van der Waals surface area (Å²) in [5, 5.41) is 0.698. The lowest BCUT2D eigenvalue weighted by Crippen LogP contribution is -2.14. The molecule has 0 spiro atoms. The number of carbonyl (C=O) groups is 1. The summed E-state index contributed by atoms with van der Waals surface area (Å²) >= 11 is 10.8. The third kappa shape index (κ3) is 3.53. The van der Waals surface area contributed by atoms with Crippen molar-refractivity contribution in [3.63, 3.8) is 0 Å². The number of halogens is 2. The maximum atomic E-state index is 12.4. The van der Waals surface area contributed by atoms with Crippen LogP contribution in [0.15, 0.2) is 58.0 Å². The Morgan fingerprint density at radius 2 is 1.92 bits per heavy atom. The predicted molar refractivity (Wildman–Crippen MR) is 103 cm³/mol. The Labute approximate surface area is 157 Å². The molecule has 0 fully saturated rings. The van der Waals surface area contributed by atoms with Crippen molar-refractivity contribution >= 4 is 44.8 Å². The molecule has 1 amide bonds. The van der Waals surface area contributed by atoms with Gasteiger partial charge in [0.1, 0.15) is 0 Å². The lowest BCUT2D eigenvalue weighted by atomic mass is 10.1. The van der Waals surface area contributed by atoms with Crippen molar-refractivity contribution in [2.24, 2.45) is 12.0 Å². The molecule has 0 aliphatic carbocycles. The second-order valence-electron chi connectivity index (χ2n) is 5.28. The van der Waals surface area contributed by atoms with Gasteiger partial charge < -0.3 is 4.57 Å². The molecule has 0 radical (unpaired) electrons. The minimum Gasteiger partial charge on any atom is -0.319 e. The van der Waals surface area contributed by atoms with E-state index in [1.165, 1.54) is 11.3 Å². The zero-order valence-corrected chi connectivity index (χ0v) is 16.2. The molecule has 0 aliphatic rings. The van der Waals surface area contributed by atoms with Gasteiger partial charge in [-0.15, -0.1) is 11.3 Å². The Morgan fingerprint density at radius 3 is 2.58 bits per heavy atom. The fourth-order valence-electron chi connectivity index (χ4n) is 2.46. The summed E-state index contributed by atoms with van der Waals surface area (Å²) in [5.41, 5.74) is 2.65. The lowest BCUT2D eigenvalue weighted by molar-refractivity contribution is 0.0998. The maximum absolute atomic E-state index is 12.4. The molecule has 0 N–H and O–H groups in total. The topological polar surface area (TPSA) is 34.4 Å². The monoisotopic (exact) mass is 420 g/mol. The highest BCUT2D eigenvalue weighted by molar-refractivity contribution is 9.10. The number of rotatable bonds is 2. The Kier molecular flexibility index (Phi) is 5.04. The summed E-state index contributed by atoms with van der Waals surface area (Å²) in [7, 11) is 1.92. The van der Waals surface area contributed by atoms with E-state index < -0.39 is 0 Å². The third-order valence-corrected chi connectivity index (χ3v) is 5.38. The van der Waals surface area contributed by atoms with Gasteiger partial charge in [0.2, 0.25) is 0 Å². The molecular weight excluding hydrogens is 408 g/mol. The molecule has 3 nitrogen and oxygen atoms in total. The molecule has 122 valence electrons. The Hall–Kier alpha value is -1.69. The van der Waals surface area contributed by atoms with Gasteiger partial charge in [-0.3, -0.25) is 4.79 Å². The first kappa shape index (κ1) is 17.1. The van der Waals surface area contributed by atoms with Crippen LogP contribution < -0.4 is 4.80 Å². The Morgan fingerprint density at radius 1 is 1.21 bits per heavy atom. The van der Waals surface area contributed by atoms with Crippen LogP contribution in [0.4, 0.5) is 0 Å². The van der Waals surface area contributed by atoms with E-state index in [-0.39, 0.29) is 5.91 Å². The van der Waals surface area contributed by atoms with Gasteiger partial charge in [-0.2, -0.15) is 4.99 Å². The molecule has 0 atom stereocenters. The van der Waals surface area contributed by atoms with E-state index in [0.29, 0.717) is 15.4 Å². The molecular formula is C18H14BrClN2OS.